The van der Waals surface area contributed by atoms with Crippen LogP contribution in [0.2, 0.25) is 0 Å². The van der Waals surface area contributed by atoms with Crippen LogP contribution in [0.3, 0.4) is 0 Å². The number of hydrogen-bond acceptors (Lipinski definition) is 6. The second kappa shape index (κ2) is 5.01. The van der Waals surface area contributed by atoms with Gasteiger partial charge < -0.3 is 14.8 Å². The molecule has 2 heterocycles. The molecule has 2 aliphatic heterocycles. The van der Waals surface area contributed by atoms with Crippen molar-refractivity contribution in [2.24, 2.45) is 0 Å². The van der Waals surface area contributed by atoms with E-state index in [0.29, 0.717) is 19.3 Å². The van der Waals surface area contributed by atoms with E-state index in [-0.39, 0.29) is 12.5 Å². The Balaban J connectivity index is 1.62. The molecule has 0 bridgehead atoms. The third kappa shape index (κ3) is 2.34. The number of urea groups is 1. The Morgan fingerprint density at radius 1 is 1.33 bits per heavy atom. The molecule has 8 nitrogen and oxygen atoms in total. The lowest BCUT2D eigenvalue weighted by Crippen LogP contribution is -2.44. The van der Waals surface area contributed by atoms with Gasteiger partial charge in [-0.25, -0.2) is 9.59 Å². The van der Waals surface area contributed by atoms with Gasteiger partial charge in [-0.1, -0.05) is 12.8 Å². The highest BCUT2D eigenvalue weighted by Crippen LogP contribution is 2.34. The number of rotatable bonds is 3. The summed E-state index contributed by atoms with van der Waals surface area (Å²) in [7, 11) is 0. The Hall–Kier alpha value is -2.12. The fourth-order valence-corrected chi connectivity index (χ4v) is 3.05. The van der Waals surface area contributed by atoms with Gasteiger partial charge in [0.2, 0.25) is 6.10 Å². The van der Waals surface area contributed by atoms with E-state index in [0.717, 1.165) is 17.7 Å². The van der Waals surface area contributed by atoms with Crippen molar-refractivity contribution in [2.45, 2.75) is 43.7 Å². The van der Waals surface area contributed by atoms with Gasteiger partial charge in [0.15, 0.2) is 0 Å². The van der Waals surface area contributed by atoms with Crippen LogP contribution >= 0.6 is 0 Å². The number of ether oxygens (including phenoxy) is 2. The van der Waals surface area contributed by atoms with E-state index in [1.54, 1.807) is 0 Å². The maximum Gasteiger partial charge on any atom is 0.347 e. The monoisotopic (exact) mass is 296 g/mol. The van der Waals surface area contributed by atoms with Crippen molar-refractivity contribution < 1.29 is 28.7 Å². The number of cyclic esters (lactones) is 1. The lowest BCUT2D eigenvalue weighted by Gasteiger charge is -2.19. The minimum atomic E-state index is -0.932. The molecule has 1 aliphatic carbocycles. The number of carbonyl (C=O) groups excluding carboxylic acids is 4. The standard InChI is InChI=1S/C13H16N2O6/c16-9(21-8-3-6-20-10(8)17)7-15-11(18)13(14-12(15)19)4-1-2-5-13/h8H,1-7H2,(H,14,19)/t8-/m0/s1. The molecule has 1 N–H and O–H groups in total. The van der Waals surface area contributed by atoms with Crippen LogP contribution in [0, 0.1) is 0 Å². The zero-order valence-electron chi connectivity index (χ0n) is 11.4. The van der Waals surface area contributed by atoms with Crippen LogP contribution in [-0.4, -0.2) is 53.6 Å². The molecule has 0 unspecified atom stereocenters. The summed E-state index contributed by atoms with van der Waals surface area (Å²) in [4.78, 5) is 48.1. The average Bonchev–Trinajstić information content (AvgIpc) is 3.10. The fourth-order valence-electron chi connectivity index (χ4n) is 3.05. The Morgan fingerprint density at radius 2 is 2.05 bits per heavy atom. The van der Waals surface area contributed by atoms with Gasteiger partial charge in [-0.3, -0.25) is 14.5 Å². The minimum absolute atomic E-state index is 0.211. The number of esters is 2. The Labute approximate surface area is 120 Å². The molecule has 1 spiro atoms. The molecule has 3 rings (SSSR count). The Bertz CT molecular complexity index is 511. The third-order valence-corrected chi connectivity index (χ3v) is 4.15. The van der Waals surface area contributed by atoms with Crippen molar-refractivity contribution in [3.05, 3.63) is 0 Å². The van der Waals surface area contributed by atoms with E-state index >= 15 is 0 Å². The van der Waals surface area contributed by atoms with Crippen LogP contribution in [0.4, 0.5) is 4.79 Å². The second-order valence-corrected chi connectivity index (χ2v) is 5.55. The van der Waals surface area contributed by atoms with Crippen molar-refractivity contribution in [1.29, 1.82) is 0 Å². The van der Waals surface area contributed by atoms with E-state index in [1.807, 2.05) is 0 Å². The molecule has 3 fully saturated rings. The fraction of sp³-hybridized carbons (Fsp3) is 0.692. The SMILES string of the molecule is O=C(CN1C(=O)NC2(CCCC2)C1=O)O[C@H]1CCOC1=O. The van der Waals surface area contributed by atoms with Gasteiger partial charge in [-0.2, -0.15) is 0 Å². The highest BCUT2D eigenvalue weighted by Gasteiger charge is 2.53. The Kier molecular flexibility index (Phi) is 3.30. The van der Waals surface area contributed by atoms with E-state index < -0.39 is 36.2 Å². The molecule has 1 atom stereocenters. The number of hydrogen-bond donors (Lipinski definition) is 1. The first-order valence-corrected chi connectivity index (χ1v) is 7.02. The maximum absolute atomic E-state index is 12.3. The molecule has 2 saturated heterocycles. The lowest BCUT2D eigenvalue weighted by molar-refractivity contribution is -0.161. The zero-order chi connectivity index (χ0) is 15.0. The van der Waals surface area contributed by atoms with Crippen molar-refractivity contribution in [3.8, 4) is 0 Å². The molecule has 0 radical (unpaired) electrons. The molecule has 1 saturated carbocycles. The van der Waals surface area contributed by atoms with Crippen LogP contribution in [0.15, 0.2) is 0 Å². The summed E-state index contributed by atoms with van der Waals surface area (Å²) in [6.45, 7) is -0.265. The Morgan fingerprint density at radius 3 is 2.67 bits per heavy atom. The predicted molar refractivity (Wildman–Crippen MR) is 66.9 cm³/mol. The molecule has 0 aromatic carbocycles. The van der Waals surface area contributed by atoms with Gasteiger partial charge >= 0.3 is 18.0 Å². The van der Waals surface area contributed by atoms with Gasteiger partial charge in [-0.15, -0.1) is 0 Å². The van der Waals surface area contributed by atoms with Gasteiger partial charge in [0.05, 0.1) is 6.61 Å². The first kappa shape index (κ1) is 13.8. The molecule has 8 heteroatoms. The molecule has 3 aliphatic rings. The van der Waals surface area contributed by atoms with Gasteiger partial charge in [-0.05, 0) is 12.8 Å². The third-order valence-electron chi connectivity index (χ3n) is 4.15. The quantitative estimate of drug-likeness (QED) is 0.567. The molecule has 0 aromatic rings. The van der Waals surface area contributed by atoms with Crippen LogP contribution in [0.1, 0.15) is 32.1 Å². The molecule has 0 aromatic heterocycles. The van der Waals surface area contributed by atoms with Crippen molar-refractivity contribution in [1.82, 2.24) is 10.2 Å². The molecular weight excluding hydrogens is 280 g/mol. The summed E-state index contributed by atoms with van der Waals surface area (Å²) in [6, 6.07) is -0.576. The molecular formula is C13H16N2O6. The summed E-state index contributed by atoms with van der Waals surface area (Å²) in [5.41, 5.74) is -0.844. The molecule has 21 heavy (non-hydrogen) atoms. The topological polar surface area (TPSA) is 102 Å². The van der Waals surface area contributed by atoms with Crippen molar-refractivity contribution in [3.63, 3.8) is 0 Å². The number of nitrogens with zero attached hydrogens (tertiary/aromatic N) is 1. The average molecular weight is 296 g/mol. The maximum atomic E-state index is 12.3. The molecule has 114 valence electrons. The first-order valence-electron chi connectivity index (χ1n) is 7.02. The van der Waals surface area contributed by atoms with E-state index in [4.69, 9.17) is 4.74 Å². The van der Waals surface area contributed by atoms with E-state index in [9.17, 15) is 19.2 Å². The van der Waals surface area contributed by atoms with E-state index in [2.05, 4.69) is 10.1 Å². The predicted octanol–water partition coefficient (Wildman–Crippen LogP) is -0.290. The number of nitrogens with one attached hydrogen (secondary N) is 1. The van der Waals surface area contributed by atoms with Crippen LogP contribution in [0.25, 0.3) is 0 Å². The minimum Gasteiger partial charge on any atom is -0.463 e. The summed E-state index contributed by atoms with van der Waals surface area (Å²) < 4.78 is 9.62. The van der Waals surface area contributed by atoms with Crippen molar-refractivity contribution >= 4 is 23.9 Å². The van der Waals surface area contributed by atoms with Crippen molar-refractivity contribution in [2.75, 3.05) is 13.2 Å². The largest absolute Gasteiger partial charge is 0.463 e. The van der Waals surface area contributed by atoms with E-state index in [1.165, 1.54) is 0 Å². The summed E-state index contributed by atoms with van der Waals surface area (Å²) in [5.74, 6) is -1.75. The lowest BCUT2D eigenvalue weighted by atomic mass is 9.98. The highest BCUT2D eigenvalue weighted by molar-refractivity contribution is 6.08. The number of carbonyl (C=O) groups is 4. The summed E-state index contributed by atoms with van der Waals surface area (Å²) in [6.07, 6.45) is 2.31. The normalized spacial score (nSPS) is 27.1. The smallest absolute Gasteiger partial charge is 0.347 e. The molecule has 3 amide bonds. The van der Waals surface area contributed by atoms with Crippen LogP contribution in [-0.2, 0) is 23.9 Å². The van der Waals surface area contributed by atoms with Gasteiger partial charge in [0.25, 0.3) is 5.91 Å². The highest BCUT2D eigenvalue weighted by atomic mass is 16.6. The first-order chi connectivity index (χ1) is 10.0. The van der Waals surface area contributed by atoms with Crippen LogP contribution in [0.5, 0.6) is 0 Å². The van der Waals surface area contributed by atoms with Gasteiger partial charge in [0, 0.05) is 6.42 Å². The number of amides is 3. The number of imide groups is 1. The van der Waals surface area contributed by atoms with Gasteiger partial charge in [0.1, 0.15) is 12.1 Å². The summed E-state index contributed by atoms with van der Waals surface area (Å²) in [5, 5.41) is 2.67. The van der Waals surface area contributed by atoms with Crippen LogP contribution < -0.4 is 5.32 Å². The zero-order valence-corrected chi connectivity index (χ0v) is 11.4. The summed E-state index contributed by atoms with van der Waals surface area (Å²) >= 11 is 0. The second-order valence-electron chi connectivity index (χ2n) is 5.55.